The number of carbonyl (C=O) groups is 1. The van der Waals surface area contributed by atoms with Gasteiger partial charge in [-0.1, -0.05) is 29.3 Å². The van der Waals surface area contributed by atoms with E-state index in [1.807, 2.05) is 6.08 Å². The predicted octanol–water partition coefficient (Wildman–Crippen LogP) is 4.38. The monoisotopic (exact) mass is 394 g/mol. The van der Waals surface area contributed by atoms with E-state index in [4.69, 9.17) is 23.2 Å². The Labute approximate surface area is 159 Å². The molecule has 0 atom stereocenters. The van der Waals surface area contributed by atoms with Crippen LogP contribution in [-0.4, -0.2) is 34.0 Å². The lowest BCUT2D eigenvalue weighted by Crippen LogP contribution is -2.37. The van der Waals surface area contributed by atoms with E-state index in [9.17, 15) is 14.3 Å². The Morgan fingerprint density at radius 3 is 2.88 bits per heavy atom. The lowest BCUT2D eigenvalue weighted by atomic mass is 9.91. The van der Waals surface area contributed by atoms with Crippen molar-refractivity contribution in [3.8, 4) is 0 Å². The molecule has 1 amide bonds. The highest BCUT2D eigenvalue weighted by molar-refractivity contribution is 6.45. The van der Waals surface area contributed by atoms with Crippen LogP contribution in [0.4, 0.5) is 4.39 Å². The average Bonchev–Trinajstić information content (AvgIpc) is 3.03. The molecule has 2 aromatic rings. The molecule has 2 N–H and O–H groups in total. The molecule has 0 bridgehead atoms. The number of benzene rings is 1. The summed E-state index contributed by atoms with van der Waals surface area (Å²) in [6.45, 7) is 0.339. The highest BCUT2D eigenvalue weighted by Gasteiger charge is 2.28. The SMILES string of the molecule is O=C(CO)N1CCc2[nH]c3c(Cl)c(Cl)cc(C4=C(F)C=CCC4)c3c2C1. The maximum Gasteiger partial charge on any atom is 0.248 e. The quantitative estimate of drug-likeness (QED) is 0.793. The van der Waals surface area contributed by atoms with Crippen LogP contribution in [0.15, 0.2) is 24.0 Å². The summed E-state index contributed by atoms with van der Waals surface area (Å²) in [6.07, 6.45) is 5.24. The number of H-pyrrole nitrogens is 1. The first-order valence-corrected chi connectivity index (χ1v) is 9.22. The topological polar surface area (TPSA) is 56.3 Å². The molecular formula is C19H17Cl2FN2O2. The van der Waals surface area contributed by atoms with Gasteiger partial charge < -0.3 is 15.0 Å². The van der Waals surface area contributed by atoms with Crippen molar-refractivity contribution in [3.63, 3.8) is 0 Å². The predicted molar refractivity (Wildman–Crippen MR) is 101 cm³/mol. The maximum absolute atomic E-state index is 14.5. The van der Waals surface area contributed by atoms with Gasteiger partial charge in [-0.05, 0) is 36.1 Å². The van der Waals surface area contributed by atoms with Crippen molar-refractivity contribution in [1.82, 2.24) is 9.88 Å². The number of carbonyl (C=O) groups excluding carboxylic acids is 1. The number of amides is 1. The molecule has 1 aromatic carbocycles. The van der Waals surface area contributed by atoms with E-state index in [1.165, 1.54) is 6.08 Å². The summed E-state index contributed by atoms with van der Waals surface area (Å²) in [4.78, 5) is 16.9. The highest BCUT2D eigenvalue weighted by atomic mass is 35.5. The zero-order valence-corrected chi connectivity index (χ0v) is 15.4. The third-order valence-electron chi connectivity index (χ3n) is 5.07. The minimum absolute atomic E-state index is 0.273. The van der Waals surface area contributed by atoms with E-state index < -0.39 is 6.61 Å². The second kappa shape index (κ2) is 6.72. The Morgan fingerprint density at radius 2 is 2.15 bits per heavy atom. The number of aromatic amines is 1. The Balaban J connectivity index is 1.96. The van der Waals surface area contributed by atoms with Crippen LogP contribution in [0, 0.1) is 0 Å². The number of allylic oxidation sites excluding steroid dienone is 4. The first-order valence-electron chi connectivity index (χ1n) is 8.47. The Kier molecular flexibility index (Phi) is 4.55. The Morgan fingerprint density at radius 1 is 1.35 bits per heavy atom. The number of fused-ring (bicyclic) bond motifs is 3. The van der Waals surface area contributed by atoms with Gasteiger partial charge in [0.1, 0.15) is 12.4 Å². The summed E-state index contributed by atoms with van der Waals surface area (Å²) in [5, 5.41) is 10.7. The molecule has 0 saturated carbocycles. The van der Waals surface area contributed by atoms with Crippen LogP contribution < -0.4 is 0 Å². The molecule has 2 heterocycles. The lowest BCUT2D eigenvalue weighted by molar-refractivity contribution is -0.135. The van der Waals surface area contributed by atoms with Crippen LogP contribution >= 0.6 is 23.2 Å². The van der Waals surface area contributed by atoms with Crippen LogP contribution in [0.25, 0.3) is 16.5 Å². The van der Waals surface area contributed by atoms with Crippen LogP contribution in [0.2, 0.25) is 10.0 Å². The fourth-order valence-corrected chi connectivity index (χ4v) is 4.19. The molecule has 136 valence electrons. The van der Waals surface area contributed by atoms with E-state index in [1.54, 1.807) is 11.0 Å². The third-order valence-corrected chi connectivity index (χ3v) is 5.86. The molecule has 0 fully saturated rings. The van der Waals surface area contributed by atoms with Gasteiger partial charge in [0.05, 0.1) is 15.6 Å². The standard InChI is InChI=1S/C19H17Cl2FN2O2/c20-13-7-11(10-3-1-2-4-14(10)22)17-12-8-24(16(26)9-25)6-5-15(12)23-19(17)18(13)21/h2,4,7,23,25H,1,3,5-6,8-9H2. The molecule has 0 spiro atoms. The van der Waals surface area contributed by atoms with Gasteiger partial charge in [0, 0.05) is 36.2 Å². The molecule has 1 aliphatic heterocycles. The Hall–Kier alpha value is -1.82. The number of nitrogens with one attached hydrogen (secondary N) is 1. The minimum Gasteiger partial charge on any atom is -0.387 e. The van der Waals surface area contributed by atoms with Gasteiger partial charge >= 0.3 is 0 Å². The smallest absolute Gasteiger partial charge is 0.248 e. The summed E-state index contributed by atoms with van der Waals surface area (Å²) in [7, 11) is 0. The number of hydrogen-bond acceptors (Lipinski definition) is 2. The van der Waals surface area contributed by atoms with Crippen molar-refractivity contribution in [2.45, 2.75) is 25.8 Å². The molecule has 26 heavy (non-hydrogen) atoms. The normalized spacial score (nSPS) is 17.2. The van der Waals surface area contributed by atoms with Gasteiger partial charge in [-0.15, -0.1) is 0 Å². The summed E-state index contributed by atoms with van der Waals surface area (Å²) in [5.41, 5.74) is 3.87. The third kappa shape index (κ3) is 2.75. The number of aliphatic hydroxyl groups excluding tert-OH is 1. The lowest BCUT2D eigenvalue weighted by Gasteiger charge is -2.27. The van der Waals surface area contributed by atoms with Crippen molar-refractivity contribution in [1.29, 1.82) is 0 Å². The number of halogens is 3. The van der Waals surface area contributed by atoms with Gasteiger partial charge in [-0.3, -0.25) is 4.79 Å². The fourth-order valence-electron chi connectivity index (χ4n) is 3.79. The highest BCUT2D eigenvalue weighted by Crippen LogP contribution is 2.43. The largest absolute Gasteiger partial charge is 0.387 e. The number of aliphatic hydroxyl groups is 1. The van der Waals surface area contributed by atoms with E-state index >= 15 is 0 Å². The van der Waals surface area contributed by atoms with Gasteiger partial charge in [0.2, 0.25) is 5.91 Å². The molecule has 2 aliphatic rings. The van der Waals surface area contributed by atoms with Gasteiger partial charge in [0.15, 0.2) is 0 Å². The Bertz CT molecular complexity index is 978. The fraction of sp³-hybridized carbons (Fsp3) is 0.316. The molecule has 0 radical (unpaired) electrons. The van der Waals surface area contributed by atoms with Crippen LogP contribution in [0.3, 0.4) is 0 Å². The average molecular weight is 395 g/mol. The van der Waals surface area contributed by atoms with E-state index in [0.717, 1.165) is 23.1 Å². The summed E-state index contributed by atoms with van der Waals surface area (Å²) >= 11 is 12.7. The van der Waals surface area contributed by atoms with Crippen molar-refractivity contribution >= 4 is 45.6 Å². The van der Waals surface area contributed by atoms with Crippen molar-refractivity contribution < 1.29 is 14.3 Å². The van der Waals surface area contributed by atoms with E-state index in [2.05, 4.69) is 4.98 Å². The van der Waals surface area contributed by atoms with Gasteiger partial charge in [-0.25, -0.2) is 4.39 Å². The van der Waals surface area contributed by atoms with Gasteiger partial charge in [0.25, 0.3) is 0 Å². The van der Waals surface area contributed by atoms with E-state index in [-0.39, 0.29) is 11.7 Å². The van der Waals surface area contributed by atoms with Crippen LogP contribution in [-0.2, 0) is 17.8 Å². The van der Waals surface area contributed by atoms with Crippen LogP contribution in [0.5, 0.6) is 0 Å². The number of nitrogens with zero attached hydrogens (tertiary/aromatic N) is 1. The molecule has 1 aromatic heterocycles. The minimum atomic E-state index is -0.526. The van der Waals surface area contributed by atoms with Gasteiger partial charge in [-0.2, -0.15) is 0 Å². The molecule has 4 rings (SSSR count). The first kappa shape index (κ1) is 17.6. The summed E-state index contributed by atoms with van der Waals surface area (Å²) in [6, 6.07) is 1.71. The second-order valence-corrected chi connectivity index (χ2v) is 7.33. The zero-order chi connectivity index (χ0) is 18.4. The summed E-state index contributed by atoms with van der Waals surface area (Å²) in [5.74, 6) is -0.595. The molecular weight excluding hydrogens is 378 g/mol. The van der Waals surface area contributed by atoms with Crippen molar-refractivity contribution in [2.24, 2.45) is 0 Å². The molecule has 4 nitrogen and oxygen atoms in total. The molecule has 7 heteroatoms. The van der Waals surface area contributed by atoms with E-state index in [0.29, 0.717) is 52.6 Å². The molecule has 1 aliphatic carbocycles. The maximum atomic E-state index is 14.5. The number of hydrogen-bond donors (Lipinski definition) is 2. The second-order valence-electron chi connectivity index (χ2n) is 6.54. The zero-order valence-electron chi connectivity index (χ0n) is 13.9. The van der Waals surface area contributed by atoms with Crippen molar-refractivity contribution in [2.75, 3.05) is 13.2 Å². The first-order chi connectivity index (χ1) is 12.5. The number of rotatable bonds is 2. The molecule has 0 saturated heterocycles. The molecule has 0 unspecified atom stereocenters. The number of aromatic nitrogens is 1. The summed E-state index contributed by atoms with van der Waals surface area (Å²) < 4.78 is 14.5. The van der Waals surface area contributed by atoms with Crippen LogP contribution in [0.1, 0.15) is 29.7 Å². The van der Waals surface area contributed by atoms with Crippen molar-refractivity contribution in [3.05, 3.63) is 50.9 Å².